The highest BCUT2D eigenvalue weighted by atomic mass is 16.5. The summed E-state index contributed by atoms with van der Waals surface area (Å²) in [7, 11) is 0. The van der Waals surface area contributed by atoms with Crippen molar-refractivity contribution in [1.82, 2.24) is 0 Å². The molecule has 1 N–H and O–H groups in total. The predicted molar refractivity (Wildman–Crippen MR) is 90.9 cm³/mol. The number of aliphatic hydroxyl groups excluding tert-OH is 1. The molecule has 0 aromatic heterocycles. The van der Waals surface area contributed by atoms with E-state index < -0.39 is 6.10 Å². The molecule has 0 amide bonds. The van der Waals surface area contributed by atoms with Crippen molar-refractivity contribution < 1.29 is 9.84 Å². The highest BCUT2D eigenvalue weighted by Gasteiger charge is 1.96. The molecule has 21 heavy (non-hydrogen) atoms. The van der Waals surface area contributed by atoms with Gasteiger partial charge >= 0.3 is 0 Å². The maximum Gasteiger partial charge on any atom is 0.119 e. The van der Waals surface area contributed by atoms with Gasteiger partial charge in [-0.1, -0.05) is 67.4 Å². The van der Waals surface area contributed by atoms with Crippen LogP contribution in [0.5, 0.6) is 5.75 Å². The summed E-state index contributed by atoms with van der Waals surface area (Å²) in [5.74, 6) is 0.807. The molecule has 0 spiro atoms. The predicted octanol–water partition coefficient (Wildman–Crippen LogP) is 4.78. The van der Waals surface area contributed by atoms with Crippen LogP contribution in [0.25, 0.3) is 0 Å². The first-order chi connectivity index (χ1) is 10.1. The molecule has 0 aliphatic heterocycles. The second kappa shape index (κ2) is 12.0. The number of hydrogen-bond donors (Lipinski definition) is 1. The third-order valence-electron chi connectivity index (χ3n) is 2.45. The normalized spacial score (nSPS) is 10.4. The van der Waals surface area contributed by atoms with Crippen LogP contribution in [0.4, 0.5) is 0 Å². The topological polar surface area (TPSA) is 29.5 Å². The Labute approximate surface area is 129 Å². The van der Waals surface area contributed by atoms with Gasteiger partial charge in [-0.3, -0.25) is 0 Å². The van der Waals surface area contributed by atoms with Crippen LogP contribution in [-0.4, -0.2) is 17.8 Å². The van der Waals surface area contributed by atoms with Crippen LogP contribution in [0.1, 0.15) is 31.9 Å². The van der Waals surface area contributed by atoms with Gasteiger partial charge in [0.1, 0.15) is 12.4 Å². The van der Waals surface area contributed by atoms with E-state index in [9.17, 15) is 0 Å². The molecule has 1 atom stereocenters. The van der Waals surface area contributed by atoms with Crippen molar-refractivity contribution in [2.75, 3.05) is 6.61 Å². The molecule has 1 unspecified atom stereocenters. The quantitative estimate of drug-likeness (QED) is 0.881. The van der Waals surface area contributed by atoms with Crippen molar-refractivity contribution in [2.45, 2.75) is 40.7 Å². The molecule has 2 aromatic carbocycles. The second-order valence-corrected chi connectivity index (χ2v) is 4.63. The highest BCUT2D eigenvalue weighted by molar-refractivity contribution is 5.26. The fourth-order valence-electron chi connectivity index (χ4n) is 1.39. The van der Waals surface area contributed by atoms with E-state index in [0.717, 1.165) is 5.75 Å². The fourth-order valence-corrected chi connectivity index (χ4v) is 1.39. The zero-order valence-electron chi connectivity index (χ0n) is 13.8. The largest absolute Gasteiger partial charge is 0.491 e. The van der Waals surface area contributed by atoms with Crippen LogP contribution < -0.4 is 4.74 Å². The molecule has 2 rings (SSSR count). The minimum atomic E-state index is -0.411. The first-order valence-corrected chi connectivity index (χ1v) is 7.47. The van der Waals surface area contributed by atoms with Gasteiger partial charge in [-0.2, -0.15) is 0 Å². The van der Waals surface area contributed by atoms with E-state index in [-0.39, 0.29) is 0 Å². The van der Waals surface area contributed by atoms with E-state index in [1.54, 1.807) is 6.92 Å². The molecule has 2 heteroatoms. The van der Waals surface area contributed by atoms with E-state index in [4.69, 9.17) is 9.84 Å². The van der Waals surface area contributed by atoms with Gasteiger partial charge in [-0.05, 0) is 32.9 Å². The van der Waals surface area contributed by atoms with E-state index in [1.807, 2.05) is 63.2 Å². The maximum atomic E-state index is 8.94. The van der Waals surface area contributed by atoms with Crippen LogP contribution in [0.15, 0.2) is 54.6 Å². The average Bonchev–Trinajstić information content (AvgIpc) is 2.50. The van der Waals surface area contributed by atoms with Crippen molar-refractivity contribution in [3.8, 4) is 5.75 Å². The van der Waals surface area contributed by atoms with Gasteiger partial charge in [0, 0.05) is 0 Å². The zero-order chi connectivity index (χ0) is 16.1. The average molecular weight is 288 g/mol. The van der Waals surface area contributed by atoms with Crippen molar-refractivity contribution in [3.05, 3.63) is 65.7 Å². The number of benzene rings is 2. The number of hydrogen-bond acceptors (Lipinski definition) is 2. The first-order valence-electron chi connectivity index (χ1n) is 7.47. The van der Waals surface area contributed by atoms with E-state index in [1.165, 1.54) is 11.1 Å². The number of rotatable bonds is 3. The summed E-state index contributed by atoms with van der Waals surface area (Å²) in [5.41, 5.74) is 2.53. The zero-order valence-corrected chi connectivity index (χ0v) is 13.8. The Morgan fingerprint density at radius 1 is 0.857 bits per heavy atom. The standard InChI is InChI=1S/C10H14O2.C7H8.C2H6/c1-8-3-5-10(6-4-8)12-7-9(2)11;1-7-5-3-2-4-6-7;1-2/h3-6,9,11H,7H2,1-2H3;2-6H,1H3;1-2H3. The lowest BCUT2D eigenvalue weighted by Crippen LogP contribution is -2.12. The smallest absolute Gasteiger partial charge is 0.119 e. The van der Waals surface area contributed by atoms with Crippen molar-refractivity contribution in [1.29, 1.82) is 0 Å². The number of aryl methyl sites for hydroxylation is 2. The van der Waals surface area contributed by atoms with Crippen LogP contribution in [0.3, 0.4) is 0 Å². The number of aliphatic hydroxyl groups is 1. The summed E-state index contributed by atoms with van der Waals surface area (Å²) in [5, 5.41) is 8.94. The molecule has 0 heterocycles. The summed E-state index contributed by atoms with van der Waals surface area (Å²) in [6.07, 6.45) is -0.411. The van der Waals surface area contributed by atoms with E-state index in [0.29, 0.717) is 6.61 Å². The van der Waals surface area contributed by atoms with Crippen LogP contribution in [0, 0.1) is 13.8 Å². The summed E-state index contributed by atoms with van der Waals surface area (Å²) < 4.78 is 5.27. The van der Waals surface area contributed by atoms with Gasteiger partial charge in [-0.15, -0.1) is 0 Å². The van der Waals surface area contributed by atoms with Gasteiger partial charge in [0.15, 0.2) is 0 Å². The van der Waals surface area contributed by atoms with Crippen LogP contribution in [-0.2, 0) is 0 Å². The monoisotopic (exact) mass is 288 g/mol. The second-order valence-electron chi connectivity index (χ2n) is 4.63. The van der Waals surface area contributed by atoms with Gasteiger partial charge in [0.2, 0.25) is 0 Å². The van der Waals surface area contributed by atoms with Crippen LogP contribution >= 0.6 is 0 Å². The Kier molecular flexibility index (Phi) is 11.0. The Bertz CT molecular complexity index is 447. The highest BCUT2D eigenvalue weighted by Crippen LogP contribution is 2.11. The molecule has 0 fully saturated rings. The molecular weight excluding hydrogens is 260 g/mol. The third-order valence-corrected chi connectivity index (χ3v) is 2.45. The lowest BCUT2D eigenvalue weighted by molar-refractivity contribution is 0.122. The molecule has 0 aliphatic rings. The first kappa shape index (κ1) is 19.2. The molecule has 0 saturated carbocycles. The Hall–Kier alpha value is -1.80. The van der Waals surface area contributed by atoms with Crippen molar-refractivity contribution in [3.63, 3.8) is 0 Å². The molecule has 2 nitrogen and oxygen atoms in total. The maximum absolute atomic E-state index is 8.94. The minimum Gasteiger partial charge on any atom is -0.491 e. The minimum absolute atomic E-state index is 0.350. The molecule has 0 aliphatic carbocycles. The Morgan fingerprint density at radius 3 is 1.71 bits per heavy atom. The van der Waals surface area contributed by atoms with Crippen molar-refractivity contribution in [2.24, 2.45) is 0 Å². The lowest BCUT2D eigenvalue weighted by Gasteiger charge is -2.07. The Balaban J connectivity index is 0.000000377. The van der Waals surface area contributed by atoms with E-state index >= 15 is 0 Å². The molecule has 0 bridgehead atoms. The summed E-state index contributed by atoms with van der Waals surface area (Å²) in [4.78, 5) is 0. The molecular formula is C19H28O2. The van der Waals surface area contributed by atoms with E-state index in [2.05, 4.69) is 19.1 Å². The lowest BCUT2D eigenvalue weighted by atomic mass is 10.2. The number of ether oxygens (including phenoxy) is 1. The third kappa shape index (κ3) is 10.6. The van der Waals surface area contributed by atoms with Gasteiger partial charge in [0.05, 0.1) is 6.10 Å². The molecule has 116 valence electrons. The van der Waals surface area contributed by atoms with Gasteiger partial charge < -0.3 is 9.84 Å². The summed E-state index contributed by atoms with van der Waals surface area (Å²) in [6.45, 7) is 10.2. The van der Waals surface area contributed by atoms with Gasteiger partial charge in [0.25, 0.3) is 0 Å². The summed E-state index contributed by atoms with van der Waals surface area (Å²) in [6, 6.07) is 18.0. The summed E-state index contributed by atoms with van der Waals surface area (Å²) >= 11 is 0. The van der Waals surface area contributed by atoms with Crippen LogP contribution in [0.2, 0.25) is 0 Å². The Morgan fingerprint density at radius 2 is 1.33 bits per heavy atom. The SMILES string of the molecule is CC.Cc1ccc(OCC(C)O)cc1.Cc1ccccc1. The molecule has 0 saturated heterocycles. The van der Waals surface area contributed by atoms with Crippen molar-refractivity contribution >= 4 is 0 Å². The molecule has 2 aromatic rings. The fraction of sp³-hybridized carbons (Fsp3) is 0.368. The van der Waals surface area contributed by atoms with Gasteiger partial charge in [-0.25, -0.2) is 0 Å². The molecule has 0 radical (unpaired) electrons.